The number of phenolic OH excluding ortho intramolecular Hbond substituents is 1. The number of benzene rings is 2. The Morgan fingerprint density at radius 1 is 0.958 bits per heavy atom. The topological polar surface area (TPSA) is 88.5 Å². The molecule has 118 valence electrons. The smallest absolute Gasteiger partial charge is 0.247 e. The second-order valence-electron chi connectivity index (χ2n) is 5.39. The molecule has 0 amide bonds. The molecular weight excluding hydrogens is 302 g/mol. The van der Waals surface area contributed by atoms with Crippen molar-refractivity contribution in [2.75, 3.05) is 11.1 Å². The van der Waals surface area contributed by atoms with Crippen LogP contribution in [0, 0.1) is 0 Å². The zero-order valence-corrected chi connectivity index (χ0v) is 12.7. The molecule has 0 saturated heterocycles. The molecule has 4 rings (SSSR count). The van der Waals surface area contributed by atoms with E-state index in [2.05, 4.69) is 15.4 Å². The molecule has 0 fully saturated rings. The van der Waals surface area contributed by atoms with E-state index in [0.29, 0.717) is 17.3 Å². The van der Waals surface area contributed by atoms with Crippen molar-refractivity contribution in [2.45, 2.75) is 0 Å². The lowest BCUT2D eigenvalue weighted by atomic mass is 10.1. The molecular formula is C18H15N5O. The number of anilines is 3. The van der Waals surface area contributed by atoms with E-state index < -0.39 is 0 Å². The van der Waals surface area contributed by atoms with Gasteiger partial charge in [0.05, 0.1) is 11.4 Å². The first-order valence-corrected chi connectivity index (χ1v) is 7.47. The number of aromatic hydroxyl groups is 1. The summed E-state index contributed by atoms with van der Waals surface area (Å²) < 4.78 is 1.67. The summed E-state index contributed by atoms with van der Waals surface area (Å²) in [5.74, 6) is 0.690. The van der Waals surface area contributed by atoms with Crippen molar-refractivity contribution < 1.29 is 5.11 Å². The molecule has 2 heterocycles. The monoisotopic (exact) mass is 317 g/mol. The molecule has 2 aromatic heterocycles. The van der Waals surface area contributed by atoms with Crippen LogP contribution in [0.3, 0.4) is 0 Å². The van der Waals surface area contributed by atoms with Crippen molar-refractivity contribution >= 4 is 23.0 Å². The number of nitrogens with two attached hydrogens (primary N) is 1. The number of nitrogens with one attached hydrogen (secondary N) is 1. The molecule has 6 heteroatoms. The number of hydrogen-bond donors (Lipinski definition) is 3. The summed E-state index contributed by atoms with van der Waals surface area (Å²) in [5, 5.41) is 17.5. The minimum Gasteiger partial charge on any atom is -0.507 e. The van der Waals surface area contributed by atoms with Gasteiger partial charge >= 0.3 is 0 Å². The van der Waals surface area contributed by atoms with Crippen molar-refractivity contribution in [2.24, 2.45) is 0 Å². The first-order chi connectivity index (χ1) is 11.7. The number of phenols is 1. The van der Waals surface area contributed by atoms with E-state index in [1.54, 1.807) is 16.6 Å². The molecule has 4 aromatic rings. The van der Waals surface area contributed by atoms with E-state index in [4.69, 9.17) is 5.73 Å². The predicted octanol–water partition coefficient (Wildman–Crippen LogP) is 3.43. The van der Waals surface area contributed by atoms with Crippen LogP contribution in [-0.4, -0.2) is 19.7 Å². The Bertz CT molecular complexity index is 1020. The van der Waals surface area contributed by atoms with Gasteiger partial charge in [0.1, 0.15) is 5.75 Å². The van der Waals surface area contributed by atoms with E-state index >= 15 is 0 Å². The zero-order chi connectivity index (χ0) is 16.5. The van der Waals surface area contributed by atoms with Gasteiger partial charge in [-0.25, -0.2) is 4.52 Å². The van der Waals surface area contributed by atoms with Gasteiger partial charge in [0.15, 0.2) is 5.65 Å². The standard InChI is InChI=1S/C18H15N5O/c19-14-6-2-3-7-15(14)20-18-21-17-10-9-12(11-23(17)22-18)13-5-1-4-8-16(13)24/h1-11,24H,19H2,(H,20,22). The Morgan fingerprint density at radius 3 is 2.58 bits per heavy atom. The summed E-state index contributed by atoms with van der Waals surface area (Å²) in [6.45, 7) is 0. The van der Waals surface area contributed by atoms with Crippen LogP contribution >= 0.6 is 0 Å². The average molecular weight is 317 g/mol. The zero-order valence-electron chi connectivity index (χ0n) is 12.7. The van der Waals surface area contributed by atoms with Gasteiger partial charge in [-0.15, -0.1) is 5.10 Å². The van der Waals surface area contributed by atoms with Crippen LogP contribution in [0.15, 0.2) is 66.9 Å². The van der Waals surface area contributed by atoms with Crippen molar-refractivity contribution in [3.05, 3.63) is 66.9 Å². The second-order valence-corrected chi connectivity index (χ2v) is 5.39. The molecule has 2 aromatic carbocycles. The average Bonchev–Trinajstić information content (AvgIpc) is 2.99. The van der Waals surface area contributed by atoms with E-state index in [1.807, 2.05) is 54.7 Å². The van der Waals surface area contributed by atoms with Gasteiger partial charge in [-0.3, -0.25) is 0 Å². The highest BCUT2D eigenvalue weighted by molar-refractivity contribution is 5.72. The van der Waals surface area contributed by atoms with Gasteiger partial charge in [0, 0.05) is 17.3 Å². The molecule has 0 radical (unpaired) electrons. The summed E-state index contributed by atoms with van der Waals surface area (Å²) in [7, 11) is 0. The molecule has 0 spiro atoms. The maximum atomic E-state index is 10.00. The lowest BCUT2D eigenvalue weighted by molar-refractivity contribution is 0.477. The minimum atomic E-state index is 0.229. The Balaban J connectivity index is 1.72. The Hall–Kier alpha value is -3.54. The lowest BCUT2D eigenvalue weighted by Crippen LogP contribution is -1.97. The Morgan fingerprint density at radius 2 is 1.75 bits per heavy atom. The van der Waals surface area contributed by atoms with E-state index in [1.165, 1.54) is 0 Å². The summed E-state index contributed by atoms with van der Waals surface area (Å²) >= 11 is 0. The highest BCUT2D eigenvalue weighted by Gasteiger charge is 2.08. The van der Waals surface area contributed by atoms with Crippen molar-refractivity contribution in [1.29, 1.82) is 0 Å². The van der Waals surface area contributed by atoms with Crippen LogP contribution in [0.1, 0.15) is 0 Å². The van der Waals surface area contributed by atoms with Gasteiger partial charge < -0.3 is 16.2 Å². The largest absolute Gasteiger partial charge is 0.507 e. The van der Waals surface area contributed by atoms with Crippen molar-refractivity contribution in [3.8, 4) is 16.9 Å². The first-order valence-electron chi connectivity index (χ1n) is 7.47. The number of para-hydroxylation sites is 3. The molecule has 0 bridgehead atoms. The summed E-state index contributed by atoms with van der Waals surface area (Å²) in [6.07, 6.45) is 1.83. The quantitative estimate of drug-likeness (QED) is 0.504. The van der Waals surface area contributed by atoms with Crippen LogP contribution < -0.4 is 11.1 Å². The lowest BCUT2D eigenvalue weighted by Gasteiger charge is -2.04. The van der Waals surface area contributed by atoms with Gasteiger partial charge in [-0.2, -0.15) is 4.98 Å². The molecule has 0 aliphatic rings. The Kier molecular flexibility index (Phi) is 3.28. The molecule has 6 nitrogen and oxygen atoms in total. The third kappa shape index (κ3) is 2.50. The first kappa shape index (κ1) is 14.1. The molecule has 24 heavy (non-hydrogen) atoms. The molecule has 0 saturated carbocycles. The SMILES string of the molecule is Nc1ccccc1Nc1nc2ccc(-c3ccccc3O)cn2n1. The van der Waals surface area contributed by atoms with E-state index in [9.17, 15) is 5.11 Å². The molecule has 0 atom stereocenters. The van der Waals surface area contributed by atoms with Crippen molar-refractivity contribution in [1.82, 2.24) is 14.6 Å². The van der Waals surface area contributed by atoms with Gasteiger partial charge in [0.2, 0.25) is 5.95 Å². The van der Waals surface area contributed by atoms with Gasteiger partial charge in [0.25, 0.3) is 0 Å². The molecule has 0 aliphatic heterocycles. The maximum absolute atomic E-state index is 10.00. The van der Waals surface area contributed by atoms with Crippen LogP contribution in [-0.2, 0) is 0 Å². The van der Waals surface area contributed by atoms with Crippen molar-refractivity contribution in [3.63, 3.8) is 0 Å². The van der Waals surface area contributed by atoms with Gasteiger partial charge in [-0.1, -0.05) is 30.3 Å². The van der Waals surface area contributed by atoms with E-state index in [0.717, 1.165) is 16.8 Å². The van der Waals surface area contributed by atoms with Gasteiger partial charge in [-0.05, 0) is 30.3 Å². The second kappa shape index (κ2) is 5.58. The minimum absolute atomic E-state index is 0.229. The summed E-state index contributed by atoms with van der Waals surface area (Å²) in [4.78, 5) is 4.43. The Labute approximate surface area is 138 Å². The third-order valence-electron chi connectivity index (χ3n) is 3.75. The number of rotatable bonds is 3. The molecule has 0 aliphatic carbocycles. The third-order valence-corrected chi connectivity index (χ3v) is 3.75. The highest BCUT2D eigenvalue weighted by Crippen LogP contribution is 2.29. The number of aromatic nitrogens is 3. The summed E-state index contributed by atoms with van der Waals surface area (Å²) in [5.41, 5.74) is 9.62. The fourth-order valence-corrected chi connectivity index (χ4v) is 2.54. The number of pyridine rings is 1. The summed E-state index contributed by atoms with van der Waals surface area (Å²) in [6, 6.07) is 18.4. The number of nitrogens with zero attached hydrogens (tertiary/aromatic N) is 3. The maximum Gasteiger partial charge on any atom is 0.247 e. The number of nitrogen functional groups attached to an aromatic ring is 1. The highest BCUT2D eigenvalue weighted by atomic mass is 16.3. The predicted molar refractivity (Wildman–Crippen MR) is 94.2 cm³/mol. The van der Waals surface area contributed by atoms with Crippen LogP contribution in [0.5, 0.6) is 5.75 Å². The number of fused-ring (bicyclic) bond motifs is 1. The van der Waals surface area contributed by atoms with Crippen LogP contribution in [0.4, 0.5) is 17.3 Å². The fourth-order valence-electron chi connectivity index (χ4n) is 2.54. The van der Waals surface area contributed by atoms with Crippen LogP contribution in [0.2, 0.25) is 0 Å². The van der Waals surface area contributed by atoms with E-state index in [-0.39, 0.29) is 5.75 Å². The number of hydrogen-bond acceptors (Lipinski definition) is 5. The normalized spacial score (nSPS) is 10.8. The van der Waals surface area contributed by atoms with Crippen LogP contribution in [0.25, 0.3) is 16.8 Å². The molecule has 0 unspecified atom stereocenters. The molecule has 4 N–H and O–H groups in total. The fraction of sp³-hybridized carbons (Fsp3) is 0.